The van der Waals surface area contributed by atoms with Gasteiger partial charge in [-0.1, -0.05) is 85.0 Å². The van der Waals surface area contributed by atoms with Crippen molar-refractivity contribution in [1.29, 1.82) is 0 Å². The standard InChI is InChI=1S/C23H32O3.C21H28O3/c1-4-25-22(24)20-13-9-8-12-18(20)15-21-19(16-23(2,3)26-21)14-17-10-6-5-7-11-17;1-21(2)14-17(12-15-8-4-3-5-9-15)19(24-21)13-16-10-6-7-11-18(16)20(22)23/h5-11,18-21H,4,12-16H2,1-3H3;3-9,16-19H,10-14H2,1-2H3,(H,22,23)/t18?,19-,20?,21-;16?,17-,18?,19-/m11/s1. The molecule has 2 aliphatic heterocycles. The molecule has 2 aromatic carbocycles. The lowest BCUT2D eigenvalue weighted by Gasteiger charge is -2.31. The summed E-state index contributed by atoms with van der Waals surface area (Å²) in [5, 5.41) is 9.51. The maximum atomic E-state index is 12.4. The van der Waals surface area contributed by atoms with Gasteiger partial charge >= 0.3 is 11.9 Å². The molecule has 0 radical (unpaired) electrons. The van der Waals surface area contributed by atoms with E-state index in [0.717, 1.165) is 57.8 Å². The Morgan fingerprint density at radius 1 is 0.660 bits per heavy atom. The molecule has 272 valence electrons. The van der Waals surface area contributed by atoms with E-state index in [9.17, 15) is 14.7 Å². The third kappa shape index (κ3) is 10.6. The topological polar surface area (TPSA) is 82.1 Å². The summed E-state index contributed by atoms with van der Waals surface area (Å²) in [5.41, 5.74) is 2.50. The van der Waals surface area contributed by atoms with Gasteiger partial charge in [-0.15, -0.1) is 0 Å². The summed E-state index contributed by atoms with van der Waals surface area (Å²) in [6.45, 7) is 11.0. The summed E-state index contributed by atoms with van der Waals surface area (Å²) >= 11 is 0. The summed E-state index contributed by atoms with van der Waals surface area (Å²) < 4.78 is 18.1. The molecule has 6 nitrogen and oxygen atoms in total. The Labute approximate surface area is 300 Å². The fourth-order valence-electron chi connectivity index (χ4n) is 9.06. The second kappa shape index (κ2) is 17.3. The van der Waals surface area contributed by atoms with Gasteiger partial charge in [0.25, 0.3) is 0 Å². The van der Waals surface area contributed by atoms with Gasteiger partial charge in [0.1, 0.15) is 0 Å². The molecule has 8 atom stereocenters. The van der Waals surface area contributed by atoms with Crippen molar-refractivity contribution in [2.75, 3.05) is 6.61 Å². The van der Waals surface area contributed by atoms with Gasteiger partial charge in [-0.3, -0.25) is 9.59 Å². The predicted octanol–water partition coefficient (Wildman–Crippen LogP) is 9.42. The highest BCUT2D eigenvalue weighted by atomic mass is 16.5. The molecule has 2 saturated heterocycles. The number of rotatable bonds is 11. The van der Waals surface area contributed by atoms with Crippen molar-refractivity contribution in [1.82, 2.24) is 0 Å². The molecule has 2 aliphatic carbocycles. The normalized spacial score (nSPS) is 31.1. The minimum absolute atomic E-state index is 0.0235. The van der Waals surface area contributed by atoms with E-state index in [1.165, 1.54) is 11.1 Å². The van der Waals surface area contributed by atoms with Gasteiger partial charge in [-0.05, 0) is 134 Å². The number of benzene rings is 2. The molecular formula is C44H60O6. The number of hydrogen-bond donors (Lipinski definition) is 1. The lowest BCUT2D eigenvalue weighted by Crippen LogP contribution is -2.32. The number of allylic oxidation sites excluding steroid dienone is 4. The van der Waals surface area contributed by atoms with E-state index in [1.807, 2.05) is 19.1 Å². The Morgan fingerprint density at radius 2 is 1.08 bits per heavy atom. The largest absolute Gasteiger partial charge is 0.481 e. The molecule has 1 N–H and O–H groups in total. The maximum Gasteiger partial charge on any atom is 0.309 e. The van der Waals surface area contributed by atoms with Crippen molar-refractivity contribution >= 4 is 11.9 Å². The zero-order chi connectivity index (χ0) is 35.7. The Morgan fingerprint density at radius 3 is 1.52 bits per heavy atom. The number of esters is 1. The number of carboxylic acids is 1. The van der Waals surface area contributed by atoms with Gasteiger partial charge in [-0.25, -0.2) is 0 Å². The van der Waals surface area contributed by atoms with Crippen LogP contribution in [0.25, 0.3) is 0 Å². The SMILES string of the molecule is CC1(C)C[C@@H](Cc2ccccc2)[C@@H](CC2CC=CCC2C(=O)O)O1.CCOC(=O)C1CC=CCC1C[C@H]1OC(C)(C)C[C@H]1Cc1ccccc1. The monoisotopic (exact) mass is 684 g/mol. The maximum absolute atomic E-state index is 12.4. The number of hydrogen-bond acceptors (Lipinski definition) is 5. The number of carboxylic acid groups (broad SMARTS) is 1. The van der Waals surface area contributed by atoms with Crippen LogP contribution >= 0.6 is 0 Å². The van der Waals surface area contributed by atoms with Crippen LogP contribution in [0.2, 0.25) is 0 Å². The number of carbonyl (C=O) groups is 2. The summed E-state index contributed by atoms with van der Waals surface area (Å²) in [7, 11) is 0. The average molecular weight is 685 g/mol. The van der Waals surface area contributed by atoms with E-state index < -0.39 is 5.97 Å². The highest BCUT2D eigenvalue weighted by Crippen LogP contribution is 2.43. The zero-order valence-corrected chi connectivity index (χ0v) is 31.0. The van der Waals surface area contributed by atoms with E-state index in [4.69, 9.17) is 14.2 Å². The number of aliphatic carboxylic acids is 1. The van der Waals surface area contributed by atoms with Crippen LogP contribution in [0.1, 0.15) is 97.1 Å². The second-order valence-electron chi connectivity index (χ2n) is 16.3. The lowest BCUT2D eigenvalue weighted by atomic mass is 9.77. The summed E-state index contributed by atoms with van der Waals surface area (Å²) in [5.74, 6) is 0.467. The third-order valence-electron chi connectivity index (χ3n) is 11.3. The second-order valence-corrected chi connectivity index (χ2v) is 16.3. The highest BCUT2D eigenvalue weighted by Gasteiger charge is 2.44. The summed E-state index contributed by atoms with van der Waals surface area (Å²) in [6, 6.07) is 21.2. The molecule has 0 bridgehead atoms. The van der Waals surface area contributed by atoms with Crippen molar-refractivity contribution in [2.45, 2.75) is 122 Å². The molecular weight excluding hydrogens is 624 g/mol. The van der Waals surface area contributed by atoms with Gasteiger partial charge in [0.15, 0.2) is 0 Å². The van der Waals surface area contributed by atoms with Gasteiger partial charge in [0.2, 0.25) is 0 Å². The number of carbonyl (C=O) groups excluding carboxylic acids is 1. The minimum atomic E-state index is -0.666. The van der Waals surface area contributed by atoms with Crippen LogP contribution in [0.5, 0.6) is 0 Å². The van der Waals surface area contributed by atoms with Crippen molar-refractivity contribution in [2.24, 2.45) is 35.5 Å². The van der Waals surface area contributed by atoms with E-state index in [2.05, 4.69) is 101 Å². The molecule has 0 amide bonds. The van der Waals surface area contributed by atoms with Crippen molar-refractivity contribution in [3.8, 4) is 0 Å². The Kier molecular flexibility index (Phi) is 13.2. The fourth-order valence-corrected chi connectivity index (χ4v) is 9.06. The molecule has 0 saturated carbocycles. The van der Waals surface area contributed by atoms with Crippen LogP contribution in [-0.4, -0.2) is 47.1 Å². The van der Waals surface area contributed by atoms with Gasteiger partial charge in [-0.2, -0.15) is 0 Å². The van der Waals surface area contributed by atoms with Crippen molar-refractivity contribution in [3.63, 3.8) is 0 Å². The quantitative estimate of drug-likeness (QED) is 0.188. The Bertz CT molecular complexity index is 1430. The third-order valence-corrected chi connectivity index (χ3v) is 11.3. The first-order valence-electron chi connectivity index (χ1n) is 19.1. The predicted molar refractivity (Wildman–Crippen MR) is 199 cm³/mol. The molecule has 2 aromatic rings. The van der Waals surface area contributed by atoms with Crippen LogP contribution in [-0.2, 0) is 36.6 Å². The van der Waals surface area contributed by atoms with E-state index >= 15 is 0 Å². The fraction of sp³-hybridized carbons (Fsp3) is 0.591. The Hall–Kier alpha value is -3.22. The first-order valence-corrected chi connectivity index (χ1v) is 19.1. The lowest BCUT2D eigenvalue weighted by molar-refractivity contribution is -0.151. The highest BCUT2D eigenvalue weighted by molar-refractivity contribution is 5.73. The molecule has 4 aliphatic rings. The van der Waals surface area contributed by atoms with Gasteiger partial charge in [0, 0.05) is 0 Å². The van der Waals surface area contributed by atoms with E-state index in [0.29, 0.717) is 30.8 Å². The average Bonchev–Trinajstić information content (AvgIpc) is 3.53. The van der Waals surface area contributed by atoms with E-state index in [-0.39, 0.29) is 47.1 Å². The molecule has 6 rings (SSSR count). The molecule has 6 heteroatoms. The van der Waals surface area contributed by atoms with Crippen LogP contribution in [0.3, 0.4) is 0 Å². The molecule has 0 aromatic heterocycles. The van der Waals surface area contributed by atoms with Gasteiger partial charge in [0.05, 0.1) is 41.9 Å². The molecule has 50 heavy (non-hydrogen) atoms. The van der Waals surface area contributed by atoms with E-state index in [1.54, 1.807) is 0 Å². The molecule has 4 unspecified atom stereocenters. The van der Waals surface area contributed by atoms with Crippen molar-refractivity contribution < 1.29 is 28.9 Å². The smallest absolute Gasteiger partial charge is 0.309 e. The van der Waals surface area contributed by atoms with Crippen LogP contribution < -0.4 is 0 Å². The summed E-state index contributed by atoms with van der Waals surface area (Å²) in [6.07, 6.45) is 18.0. The van der Waals surface area contributed by atoms with Gasteiger partial charge < -0.3 is 19.3 Å². The van der Waals surface area contributed by atoms with Crippen molar-refractivity contribution in [3.05, 3.63) is 96.1 Å². The minimum Gasteiger partial charge on any atom is -0.481 e. The molecule has 0 spiro atoms. The Balaban J connectivity index is 0.000000195. The first kappa shape index (κ1) is 38.0. The summed E-state index contributed by atoms with van der Waals surface area (Å²) in [4.78, 5) is 23.9. The van der Waals surface area contributed by atoms with Crippen LogP contribution in [0.4, 0.5) is 0 Å². The number of ether oxygens (including phenoxy) is 3. The van der Waals surface area contributed by atoms with Crippen LogP contribution in [0.15, 0.2) is 85.0 Å². The van der Waals surface area contributed by atoms with Crippen LogP contribution in [0, 0.1) is 35.5 Å². The zero-order valence-electron chi connectivity index (χ0n) is 31.0. The molecule has 2 heterocycles. The first-order chi connectivity index (χ1) is 23.9. The molecule has 2 fully saturated rings.